The van der Waals surface area contributed by atoms with Crippen LogP contribution in [-0.4, -0.2) is 43.9 Å². The van der Waals surface area contributed by atoms with Gasteiger partial charge >= 0.3 is 0 Å². The van der Waals surface area contributed by atoms with Gasteiger partial charge in [0.1, 0.15) is 11.5 Å². The average molecular weight is 350 g/mol. The van der Waals surface area contributed by atoms with Crippen LogP contribution in [0.2, 0.25) is 0 Å². The van der Waals surface area contributed by atoms with Crippen molar-refractivity contribution in [2.75, 3.05) is 13.2 Å². The molecule has 0 saturated heterocycles. The highest BCUT2D eigenvalue weighted by atomic mass is 16.3. The van der Waals surface area contributed by atoms with Crippen molar-refractivity contribution in [1.82, 2.24) is 0 Å². The van der Waals surface area contributed by atoms with Crippen molar-refractivity contribution in [1.29, 1.82) is 0 Å². The van der Waals surface area contributed by atoms with Crippen molar-refractivity contribution in [3.05, 3.63) is 51.8 Å². The molecule has 6 N–H and O–H groups in total. The molecule has 2 atom stereocenters. The van der Waals surface area contributed by atoms with Crippen LogP contribution in [0.25, 0.3) is 0 Å². The number of rotatable bonds is 5. The minimum Gasteiger partial charge on any atom is -0.508 e. The Kier molecular flexibility index (Phi) is 5.90. The van der Waals surface area contributed by atoms with Crippen LogP contribution < -0.4 is 0 Å². The standard InChI is InChI=1S/C19H26O6/c1-11-16(10-23)18(25)12(7-20)3-4-19(11,2)15-5-13(8-21)17(24)14(6-15)9-22/h3,5-6,11,20-25H,4,7-10H2,1-2H3. The maximum atomic E-state index is 10.4. The first-order chi connectivity index (χ1) is 11.8. The first-order valence-electron chi connectivity index (χ1n) is 8.24. The zero-order valence-corrected chi connectivity index (χ0v) is 14.5. The van der Waals surface area contributed by atoms with E-state index in [1.807, 2.05) is 13.8 Å². The van der Waals surface area contributed by atoms with Gasteiger partial charge in [-0.15, -0.1) is 0 Å². The van der Waals surface area contributed by atoms with E-state index in [0.717, 1.165) is 5.56 Å². The van der Waals surface area contributed by atoms with Gasteiger partial charge in [-0.1, -0.05) is 19.9 Å². The highest BCUT2D eigenvalue weighted by Crippen LogP contribution is 2.45. The van der Waals surface area contributed by atoms with Crippen LogP contribution in [0.15, 0.2) is 35.1 Å². The van der Waals surface area contributed by atoms with Crippen LogP contribution in [-0.2, 0) is 18.6 Å². The molecule has 0 fully saturated rings. The second-order valence-corrected chi connectivity index (χ2v) is 6.72. The molecule has 6 nitrogen and oxygen atoms in total. The van der Waals surface area contributed by atoms with Gasteiger partial charge in [-0.25, -0.2) is 0 Å². The minimum atomic E-state index is -0.579. The summed E-state index contributed by atoms with van der Waals surface area (Å²) in [4.78, 5) is 0. The highest BCUT2D eigenvalue weighted by molar-refractivity contribution is 5.48. The second kappa shape index (κ2) is 7.58. The summed E-state index contributed by atoms with van der Waals surface area (Å²) < 4.78 is 0. The molecule has 0 saturated carbocycles. The Balaban J connectivity index is 2.66. The molecule has 0 aliphatic heterocycles. The Bertz CT molecular complexity index is 681. The highest BCUT2D eigenvalue weighted by Gasteiger charge is 2.38. The number of phenols is 1. The van der Waals surface area contributed by atoms with E-state index in [2.05, 4.69) is 0 Å². The molecule has 0 heterocycles. The van der Waals surface area contributed by atoms with E-state index in [0.29, 0.717) is 28.7 Å². The summed E-state index contributed by atoms with van der Waals surface area (Å²) >= 11 is 0. The third-order valence-electron chi connectivity index (χ3n) is 5.47. The minimum absolute atomic E-state index is 0.0928. The molecule has 1 aromatic carbocycles. The fourth-order valence-electron chi connectivity index (χ4n) is 3.45. The molecule has 2 unspecified atom stereocenters. The Labute approximate surface area is 147 Å². The number of allylic oxidation sites excluding steroid dienone is 1. The number of aliphatic hydroxyl groups excluding tert-OH is 5. The first kappa shape index (κ1) is 19.5. The maximum absolute atomic E-state index is 10.4. The van der Waals surface area contributed by atoms with Crippen molar-refractivity contribution in [3.63, 3.8) is 0 Å². The summed E-state index contributed by atoms with van der Waals surface area (Å²) in [7, 11) is 0. The third-order valence-corrected chi connectivity index (χ3v) is 5.47. The molecule has 1 aliphatic rings. The molecule has 0 radical (unpaired) electrons. The van der Waals surface area contributed by atoms with E-state index in [9.17, 15) is 30.6 Å². The molecule has 2 rings (SSSR count). The van der Waals surface area contributed by atoms with Crippen molar-refractivity contribution in [2.24, 2.45) is 5.92 Å². The number of hydrogen-bond donors (Lipinski definition) is 6. The Morgan fingerprint density at radius 2 is 1.52 bits per heavy atom. The topological polar surface area (TPSA) is 121 Å². The van der Waals surface area contributed by atoms with Crippen LogP contribution in [0.3, 0.4) is 0 Å². The molecular weight excluding hydrogens is 324 g/mol. The molecule has 25 heavy (non-hydrogen) atoms. The van der Waals surface area contributed by atoms with E-state index in [1.165, 1.54) is 0 Å². The quantitative estimate of drug-likeness (QED) is 0.477. The van der Waals surface area contributed by atoms with Gasteiger partial charge in [0.2, 0.25) is 0 Å². The van der Waals surface area contributed by atoms with Crippen LogP contribution in [0.4, 0.5) is 0 Å². The Morgan fingerprint density at radius 3 is 1.96 bits per heavy atom. The fraction of sp³-hybridized carbons (Fsp3) is 0.474. The van der Waals surface area contributed by atoms with Gasteiger partial charge < -0.3 is 30.6 Å². The van der Waals surface area contributed by atoms with Crippen LogP contribution in [0.5, 0.6) is 5.75 Å². The van der Waals surface area contributed by atoms with Gasteiger partial charge in [-0.3, -0.25) is 0 Å². The lowest BCUT2D eigenvalue weighted by Crippen LogP contribution is -2.32. The molecule has 0 bridgehead atoms. The molecule has 1 aliphatic carbocycles. The Hall–Kier alpha value is -1.86. The molecule has 0 amide bonds. The van der Waals surface area contributed by atoms with Crippen LogP contribution in [0, 0.1) is 5.92 Å². The predicted octanol–water partition coefficient (Wildman–Crippen LogP) is 1.40. The van der Waals surface area contributed by atoms with Gasteiger partial charge in [-0.05, 0) is 30.0 Å². The Morgan fingerprint density at radius 1 is 0.960 bits per heavy atom. The smallest absolute Gasteiger partial charge is 0.126 e. The van der Waals surface area contributed by atoms with Gasteiger partial charge in [0.15, 0.2) is 0 Å². The van der Waals surface area contributed by atoms with E-state index in [4.69, 9.17) is 0 Å². The lowest BCUT2D eigenvalue weighted by molar-refractivity contribution is 0.255. The summed E-state index contributed by atoms with van der Waals surface area (Å²) in [5.41, 5.74) is 1.59. The number of aliphatic hydroxyl groups is 5. The largest absolute Gasteiger partial charge is 0.508 e. The lowest BCUT2D eigenvalue weighted by Gasteiger charge is -2.36. The van der Waals surface area contributed by atoms with Gasteiger partial charge in [-0.2, -0.15) is 0 Å². The monoisotopic (exact) mass is 350 g/mol. The molecular formula is C19H26O6. The zero-order chi connectivity index (χ0) is 18.8. The fourth-order valence-corrected chi connectivity index (χ4v) is 3.45. The molecule has 1 aromatic rings. The third kappa shape index (κ3) is 3.30. The van der Waals surface area contributed by atoms with Gasteiger partial charge in [0.25, 0.3) is 0 Å². The first-order valence-corrected chi connectivity index (χ1v) is 8.24. The molecule has 138 valence electrons. The maximum Gasteiger partial charge on any atom is 0.126 e. The lowest BCUT2D eigenvalue weighted by atomic mass is 9.67. The second-order valence-electron chi connectivity index (χ2n) is 6.72. The van der Waals surface area contributed by atoms with Crippen molar-refractivity contribution < 1.29 is 30.6 Å². The summed E-state index contributed by atoms with van der Waals surface area (Å²) in [6.45, 7) is 2.40. The molecule has 0 aromatic heterocycles. The molecule has 6 heteroatoms. The normalized spacial score (nSPS) is 24.2. The SMILES string of the molecule is CC1C(CO)=C(O)C(CO)=CCC1(C)c1cc(CO)c(O)c(CO)c1. The van der Waals surface area contributed by atoms with E-state index < -0.39 is 5.41 Å². The van der Waals surface area contributed by atoms with Crippen molar-refractivity contribution >= 4 is 0 Å². The summed E-state index contributed by atoms with van der Waals surface area (Å²) in [5.74, 6) is -0.504. The van der Waals surface area contributed by atoms with E-state index in [1.54, 1.807) is 18.2 Å². The van der Waals surface area contributed by atoms with Crippen molar-refractivity contribution in [3.8, 4) is 5.75 Å². The van der Waals surface area contributed by atoms with Gasteiger partial charge in [0, 0.05) is 27.7 Å². The molecule has 0 spiro atoms. The van der Waals surface area contributed by atoms with Crippen LogP contribution >= 0.6 is 0 Å². The number of hydrogen-bond acceptors (Lipinski definition) is 6. The van der Waals surface area contributed by atoms with Crippen molar-refractivity contribution in [2.45, 2.75) is 38.9 Å². The zero-order valence-electron chi connectivity index (χ0n) is 14.5. The van der Waals surface area contributed by atoms with E-state index >= 15 is 0 Å². The summed E-state index contributed by atoms with van der Waals surface area (Å²) in [5, 5.41) is 58.7. The number of aromatic hydroxyl groups is 1. The van der Waals surface area contributed by atoms with Gasteiger partial charge in [0.05, 0.1) is 26.4 Å². The number of benzene rings is 1. The predicted molar refractivity (Wildman–Crippen MR) is 93.0 cm³/mol. The average Bonchev–Trinajstić information content (AvgIpc) is 2.70. The summed E-state index contributed by atoms with van der Waals surface area (Å²) in [6, 6.07) is 3.35. The van der Waals surface area contributed by atoms with E-state index in [-0.39, 0.29) is 43.9 Å². The summed E-state index contributed by atoms with van der Waals surface area (Å²) in [6.07, 6.45) is 2.21. The van der Waals surface area contributed by atoms with Crippen LogP contribution in [0.1, 0.15) is 37.0 Å².